The summed E-state index contributed by atoms with van der Waals surface area (Å²) in [6.45, 7) is 5.42. The summed E-state index contributed by atoms with van der Waals surface area (Å²) in [6.07, 6.45) is 0.749. The van der Waals surface area contributed by atoms with E-state index in [9.17, 15) is 4.79 Å². The molecule has 0 aliphatic rings. The maximum absolute atomic E-state index is 11.6. The second-order valence-electron chi connectivity index (χ2n) is 4.95. The molecule has 0 saturated heterocycles. The summed E-state index contributed by atoms with van der Waals surface area (Å²) < 4.78 is 10.3. The first kappa shape index (κ1) is 13.1. The molecule has 0 radical (unpaired) electrons. The van der Waals surface area contributed by atoms with Crippen LogP contribution in [0.4, 0.5) is 10.5 Å². The number of carbonyl (C=O) groups excluding carboxylic acids is 1. The fraction of sp³-hybridized carbons (Fsp3) is 0.308. The van der Waals surface area contributed by atoms with E-state index in [1.165, 1.54) is 6.39 Å². The molecule has 0 fully saturated rings. The first-order valence-corrected chi connectivity index (χ1v) is 5.81. The maximum Gasteiger partial charge on any atom is 0.412 e. The minimum absolute atomic E-state index is 0.396. The molecule has 1 amide bonds. The Morgan fingerprint density at radius 3 is 2.79 bits per heavy atom. The first-order valence-electron chi connectivity index (χ1n) is 5.81. The van der Waals surface area contributed by atoms with E-state index in [1.54, 1.807) is 39.0 Å². The molecule has 6 nitrogen and oxygen atoms in total. The summed E-state index contributed by atoms with van der Waals surface area (Å²) in [6, 6.07) is 7.08. The highest BCUT2D eigenvalue weighted by molar-refractivity contribution is 5.85. The van der Waals surface area contributed by atoms with Crippen LogP contribution in [0.15, 0.2) is 35.1 Å². The van der Waals surface area contributed by atoms with Gasteiger partial charge >= 0.3 is 6.09 Å². The molecule has 0 atom stereocenters. The zero-order valence-corrected chi connectivity index (χ0v) is 11.0. The lowest BCUT2D eigenvalue weighted by Crippen LogP contribution is -2.27. The van der Waals surface area contributed by atoms with Crippen molar-refractivity contribution in [1.82, 2.24) is 10.2 Å². The molecule has 6 heteroatoms. The molecule has 0 aliphatic carbocycles. The average Bonchev–Trinajstić information content (AvgIpc) is 2.79. The number of benzene rings is 1. The number of amides is 1. The van der Waals surface area contributed by atoms with Crippen molar-refractivity contribution in [3.05, 3.63) is 30.7 Å². The van der Waals surface area contributed by atoms with Crippen molar-refractivity contribution < 1.29 is 13.9 Å². The number of aromatic nitrogens is 2. The SMILES string of the molecule is CC(C)(C)OC(=O)Nc1cccc(-c2nnco2)c1. The molecule has 100 valence electrons. The maximum atomic E-state index is 11.6. The van der Waals surface area contributed by atoms with Gasteiger partial charge in [0.05, 0.1) is 0 Å². The van der Waals surface area contributed by atoms with Crippen LogP contribution >= 0.6 is 0 Å². The molecular formula is C13H15N3O3. The molecule has 0 aliphatic heterocycles. The molecule has 2 rings (SSSR count). The minimum Gasteiger partial charge on any atom is -0.444 e. The Kier molecular flexibility index (Phi) is 3.50. The van der Waals surface area contributed by atoms with Gasteiger partial charge in [0.1, 0.15) is 5.60 Å². The Balaban J connectivity index is 2.10. The summed E-state index contributed by atoms with van der Waals surface area (Å²) in [5.74, 6) is 0.396. The molecule has 1 aromatic heterocycles. The Bertz CT molecular complexity index is 559. The number of anilines is 1. The van der Waals surface area contributed by atoms with Crippen molar-refractivity contribution in [2.75, 3.05) is 5.32 Å². The molecular weight excluding hydrogens is 246 g/mol. The quantitative estimate of drug-likeness (QED) is 0.898. The summed E-state index contributed by atoms with van der Waals surface area (Å²) in [4.78, 5) is 11.6. The summed E-state index contributed by atoms with van der Waals surface area (Å²) in [7, 11) is 0. The minimum atomic E-state index is -0.534. The Hall–Kier alpha value is -2.37. The standard InChI is InChI=1S/C13H15N3O3/c1-13(2,3)19-12(17)15-10-6-4-5-9(7-10)11-16-14-8-18-11/h4-8H,1-3H3,(H,15,17). The van der Waals surface area contributed by atoms with E-state index < -0.39 is 11.7 Å². The van der Waals surface area contributed by atoms with E-state index >= 15 is 0 Å². The summed E-state index contributed by atoms with van der Waals surface area (Å²) in [5, 5.41) is 10.1. The number of carbonyl (C=O) groups is 1. The zero-order chi connectivity index (χ0) is 13.9. The van der Waals surface area contributed by atoms with Crippen LogP contribution in [0.5, 0.6) is 0 Å². The van der Waals surface area contributed by atoms with Crippen LogP contribution in [0.1, 0.15) is 20.8 Å². The Labute approximate surface area is 110 Å². The van der Waals surface area contributed by atoms with Gasteiger partial charge in [0, 0.05) is 11.3 Å². The third kappa shape index (κ3) is 3.80. The van der Waals surface area contributed by atoms with Gasteiger partial charge in [0.2, 0.25) is 12.3 Å². The van der Waals surface area contributed by atoms with Gasteiger partial charge in [-0.3, -0.25) is 5.32 Å². The van der Waals surface area contributed by atoms with Crippen LogP contribution in [-0.4, -0.2) is 21.9 Å². The van der Waals surface area contributed by atoms with Gasteiger partial charge in [-0.05, 0) is 39.0 Å². The summed E-state index contributed by atoms with van der Waals surface area (Å²) >= 11 is 0. The van der Waals surface area contributed by atoms with Crippen LogP contribution in [0.25, 0.3) is 11.5 Å². The van der Waals surface area contributed by atoms with E-state index in [2.05, 4.69) is 15.5 Å². The van der Waals surface area contributed by atoms with Crippen molar-refractivity contribution in [3.63, 3.8) is 0 Å². The number of nitrogens with zero attached hydrogens (tertiary/aromatic N) is 2. The number of hydrogen-bond donors (Lipinski definition) is 1. The van der Waals surface area contributed by atoms with E-state index in [0.29, 0.717) is 11.6 Å². The van der Waals surface area contributed by atoms with Crippen LogP contribution in [0, 0.1) is 0 Å². The number of ether oxygens (including phenoxy) is 1. The van der Waals surface area contributed by atoms with Gasteiger partial charge in [-0.25, -0.2) is 4.79 Å². The summed E-state index contributed by atoms with van der Waals surface area (Å²) in [5.41, 5.74) is 0.796. The third-order valence-electron chi connectivity index (χ3n) is 2.11. The van der Waals surface area contributed by atoms with Crippen LogP contribution in [-0.2, 0) is 4.74 Å². The lowest BCUT2D eigenvalue weighted by atomic mass is 10.2. The van der Waals surface area contributed by atoms with Crippen molar-refractivity contribution in [1.29, 1.82) is 0 Å². The number of rotatable bonds is 2. The molecule has 19 heavy (non-hydrogen) atoms. The van der Waals surface area contributed by atoms with Gasteiger partial charge in [-0.1, -0.05) is 6.07 Å². The van der Waals surface area contributed by atoms with Crippen LogP contribution in [0.3, 0.4) is 0 Å². The average molecular weight is 261 g/mol. The van der Waals surface area contributed by atoms with Crippen LogP contribution in [0.2, 0.25) is 0 Å². The smallest absolute Gasteiger partial charge is 0.412 e. The predicted octanol–water partition coefficient (Wildman–Crippen LogP) is 3.08. The van der Waals surface area contributed by atoms with E-state index in [1.807, 2.05) is 6.07 Å². The molecule has 1 N–H and O–H groups in total. The molecule has 2 aromatic rings. The van der Waals surface area contributed by atoms with Crippen LogP contribution < -0.4 is 5.32 Å². The largest absolute Gasteiger partial charge is 0.444 e. The van der Waals surface area contributed by atoms with Crippen molar-refractivity contribution in [3.8, 4) is 11.5 Å². The molecule has 0 spiro atoms. The highest BCUT2D eigenvalue weighted by Crippen LogP contribution is 2.20. The highest BCUT2D eigenvalue weighted by atomic mass is 16.6. The van der Waals surface area contributed by atoms with Gasteiger partial charge in [-0.15, -0.1) is 10.2 Å². The molecule has 0 unspecified atom stereocenters. The van der Waals surface area contributed by atoms with Gasteiger partial charge in [0.15, 0.2) is 0 Å². The highest BCUT2D eigenvalue weighted by Gasteiger charge is 2.16. The topological polar surface area (TPSA) is 77.2 Å². The lowest BCUT2D eigenvalue weighted by molar-refractivity contribution is 0.0636. The monoisotopic (exact) mass is 261 g/mol. The number of nitrogens with one attached hydrogen (secondary N) is 1. The Morgan fingerprint density at radius 2 is 2.16 bits per heavy atom. The van der Waals surface area contributed by atoms with Crippen molar-refractivity contribution in [2.45, 2.75) is 26.4 Å². The molecule has 0 bridgehead atoms. The van der Waals surface area contributed by atoms with Crippen molar-refractivity contribution in [2.24, 2.45) is 0 Å². The Morgan fingerprint density at radius 1 is 1.37 bits per heavy atom. The predicted molar refractivity (Wildman–Crippen MR) is 69.6 cm³/mol. The normalized spacial score (nSPS) is 11.1. The fourth-order valence-electron chi connectivity index (χ4n) is 1.45. The van der Waals surface area contributed by atoms with E-state index in [-0.39, 0.29) is 0 Å². The van der Waals surface area contributed by atoms with Gasteiger partial charge in [0.25, 0.3) is 0 Å². The van der Waals surface area contributed by atoms with Gasteiger partial charge in [-0.2, -0.15) is 0 Å². The molecule has 1 heterocycles. The fourth-order valence-corrected chi connectivity index (χ4v) is 1.45. The first-order chi connectivity index (χ1) is 8.94. The zero-order valence-electron chi connectivity index (χ0n) is 11.0. The van der Waals surface area contributed by atoms with E-state index in [0.717, 1.165) is 5.56 Å². The second-order valence-corrected chi connectivity index (χ2v) is 4.95. The molecule has 1 aromatic carbocycles. The van der Waals surface area contributed by atoms with Gasteiger partial charge < -0.3 is 9.15 Å². The second kappa shape index (κ2) is 5.09. The van der Waals surface area contributed by atoms with Crippen molar-refractivity contribution >= 4 is 11.8 Å². The lowest BCUT2D eigenvalue weighted by Gasteiger charge is -2.19. The van der Waals surface area contributed by atoms with E-state index in [4.69, 9.17) is 9.15 Å². The third-order valence-corrected chi connectivity index (χ3v) is 2.11. The molecule has 0 saturated carbocycles. The number of hydrogen-bond acceptors (Lipinski definition) is 5.